The Morgan fingerprint density at radius 2 is 1.85 bits per heavy atom. The number of benzene rings is 1. The van der Waals surface area contributed by atoms with Crippen molar-refractivity contribution in [1.82, 2.24) is 14.3 Å². The Morgan fingerprint density at radius 1 is 1.15 bits per heavy atom. The van der Waals surface area contributed by atoms with Crippen LogP contribution in [-0.4, -0.2) is 55.4 Å². The minimum Gasteiger partial charge on any atom is -0.354 e. The van der Waals surface area contributed by atoms with Gasteiger partial charge in [-0.2, -0.15) is 9.29 Å². The number of aromatic nitrogens is 2. The van der Waals surface area contributed by atoms with E-state index in [9.17, 15) is 8.42 Å². The highest BCUT2D eigenvalue weighted by molar-refractivity contribution is 7.89. The maximum atomic E-state index is 12.8. The van der Waals surface area contributed by atoms with E-state index in [-0.39, 0.29) is 9.92 Å². The van der Waals surface area contributed by atoms with Gasteiger partial charge in [0.15, 0.2) is 0 Å². The van der Waals surface area contributed by atoms with Crippen molar-refractivity contribution in [1.29, 1.82) is 0 Å². The third-order valence-corrected chi connectivity index (χ3v) is 6.59. The predicted octanol–water partition coefficient (Wildman–Crippen LogP) is 2.38. The zero-order valence-electron chi connectivity index (χ0n) is 14.8. The van der Waals surface area contributed by atoms with Crippen molar-refractivity contribution in [2.45, 2.75) is 18.7 Å². The Kier molecular flexibility index (Phi) is 5.64. The molecule has 0 saturated carbocycles. The largest absolute Gasteiger partial charge is 0.354 e. The minimum atomic E-state index is -3.59. The van der Waals surface area contributed by atoms with Crippen LogP contribution in [0, 0.1) is 6.92 Å². The van der Waals surface area contributed by atoms with Crippen molar-refractivity contribution in [3.8, 4) is 0 Å². The van der Waals surface area contributed by atoms with Crippen LogP contribution in [0.15, 0.2) is 35.2 Å². The normalized spacial score (nSPS) is 15.9. The van der Waals surface area contributed by atoms with Crippen molar-refractivity contribution in [2.75, 3.05) is 42.9 Å². The first-order valence-corrected chi connectivity index (χ1v) is 10.3. The number of nitrogens with one attached hydrogen (secondary N) is 1. The fourth-order valence-electron chi connectivity index (χ4n) is 2.90. The van der Waals surface area contributed by atoms with Gasteiger partial charge in [0.05, 0.1) is 5.02 Å². The lowest BCUT2D eigenvalue weighted by atomic mass is 10.3. The fraction of sp³-hybridized carbons (Fsp3) is 0.412. The molecular formula is C17H22ClN5O2S. The number of hydrogen-bond acceptors (Lipinski definition) is 6. The van der Waals surface area contributed by atoms with Crippen LogP contribution in [-0.2, 0) is 10.0 Å². The maximum absolute atomic E-state index is 12.8. The van der Waals surface area contributed by atoms with Crippen molar-refractivity contribution in [3.63, 3.8) is 0 Å². The Balaban J connectivity index is 1.74. The lowest BCUT2D eigenvalue weighted by molar-refractivity contribution is 0.384. The molecule has 26 heavy (non-hydrogen) atoms. The van der Waals surface area contributed by atoms with E-state index in [4.69, 9.17) is 11.6 Å². The summed E-state index contributed by atoms with van der Waals surface area (Å²) in [4.78, 5) is 11.1. The first-order valence-electron chi connectivity index (χ1n) is 8.51. The molecule has 1 fully saturated rings. The van der Waals surface area contributed by atoms with Gasteiger partial charge in [-0.1, -0.05) is 23.7 Å². The average Bonchev–Trinajstić information content (AvgIpc) is 2.62. The number of rotatable bonds is 5. The number of nitrogens with zero attached hydrogens (tertiary/aromatic N) is 4. The molecule has 0 atom stereocenters. The first kappa shape index (κ1) is 18.9. The van der Waals surface area contributed by atoms with Gasteiger partial charge >= 0.3 is 0 Å². The summed E-state index contributed by atoms with van der Waals surface area (Å²) in [6, 6.07) is 8.45. The molecule has 3 rings (SSSR count). The van der Waals surface area contributed by atoms with Crippen LogP contribution in [0.25, 0.3) is 0 Å². The Hall–Kier alpha value is -1.90. The van der Waals surface area contributed by atoms with Crippen molar-refractivity contribution < 1.29 is 8.42 Å². The topological polar surface area (TPSA) is 78.4 Å². The minimum absolute atomic E-state index is 0.155. The Bertz CT molecular complexity index is 882. The molecule has 1 N–H and O–H groups in total. The zero-order chi connectivity index (χ0) is 18.7. The molecule has 2 heterocycles. The van der Waals surface area contributed by atoms with E-state index in [1.807, 2.05) is 19.9 Å². The van der Waals surface area contributed by atoms with Gasteiger partial charge in [-0.15, -0.1) is 0 Å². The second-order valence-electron chi connectivity index (χ2n) is 6.04. The third-order valence-electron chi connectivity index (χ3n) is 4.19. The van der Waals surface area contributed by atoms with Gasteiger partial charge in [0.1, 0.15) is 10.7 Å². The molecule has 1 saturated heterocycles. The summed E-state index contributed by atoms with van der Waals surface area (Å²) in [5, 5.41) is 3.37. The second kappa shape index (κ2) is 7.77. The second-order valence-corrected chi connectivity index (χ2v) is 8.36. The molecular weight excluding hydrogens is 374 g/mol. The predicted molar refractivity (Wildman–Crippen MR) is 103 cm³/mol. The number of sulfonamides is 1. The van der Waals surface area contributed by atoms with E-state index >= 15 is 0 Å². The van der Waals surface area contributed by atoms with E-state index in [1.165, 1.54) is 4.31 Å². The van der Waals surface area contributed by atoms with Crippen LogP contribution in [0.3, 0.4) is 0 Å². The molecule has 2 aromatic rings. The van der Waals surface area contributed by atoms with E-state index in [2.05, 4.69) is 20.2 Å². The summed E-state index contributed by atoms with van der Waals surface area (Å²) in [6.07, 6.45) is 0. The van der Waals surface area contributed by atoms with E-state index < -0.39 is 10.0 Å². The summed E-state index contributed by atoms with van der Waals surface area (Å²) < 4.78 is 27.1. The number of halogens is 1. The van der Waals surface area contributed by atoms with Crippen LogP contribution in [0.5, 0.6) is 0 Å². The molecule has 0 aliphatic carbocycles. The Morgan fingerprint density at radius 3 is 2.50 bits per heavy atom. The summed E-state index contributed by atoms with van der Waals surface area (Å²) in [5.74, 6) is 1.40. The number of piperazine rings is 1. The standard InChI is InChI=1S/C17H22ClN5O2S/c1-3-19-17-20-13(2)12-16(21-17)22-8-10-23(11-9-22)26(24,25)15-7-5-4-6-14(15)18/h4-7,12H,3,8-11H2,1-2H3,(H,19,20,21). The van der Waals surface area contributed by atoms with Gasteiger partial charge in [0.2, 0.25) is 16.0 Å². The SMILES string of the molecule is CCNc1nc(C)cc(N2CCN(S(=O)(=O)c3ccccc3Cl)CC2)n1. The van der Waals surface area contributed by atoms with E-state index in [0.717, 1.165) is 18.1 Å². The molecule has 0 unspecified atom stereocenters. The summed E-state index contributed by atoms with van der Waals surface area (Å²) in [7, 11) is -3.59. The van der Waals surface area contributed by atoms with Gasteiger partial charge in [-0.05, 0) is 26.0 Å². The van der Waals surface area contributed by atoms with Gasteiger partial charge in [-0.25, -0.2) is 13.4 Å². The molecule has 1 aromatic carbocycles. The monoisotopic (exact) mass is 395 g/mol. The summed E-state index contributed by atoms with van der Waals surface area (Å²) >= 11 is 6.08. The molecule has 0 amide bonds. The van der Waals surface area contributed by atoms with Gasteiger partial charge in [-0.3, -0.25) is 0 Å². The maximum Gasteiger partial charge on any atom is 0.244 e. The number of aryl methyl sites for hydroxylation is 1. The van der Waals surface area contributed by atoms with E-state index in [1.54, 1.807) is 24.3 Å². The average molecular weight is 396 g/mol. The van der Waals surface area contributed by atoms with Crippen LogP contribution >= 0.6 is 11.6 Å². The molecule has 0 spiro atoms. The molecule has 1 aromatic heterocycles. The van der Waals surface area contributed by atoms with E-state index in [0.29, 0.717) is 32.1 Å². The quantitative estimate of drug-likeness (QED) is 0.837. The molecule has 1 aliphatic rings. The number of hydrogen-bond donors (Lipinski definition) is 1. The highest BCUT2D eigenvalue weighted by Gasteiger charge is 2.30. The lowest BCUT2D eigenvalue weighted by Crippen LogP contribution is -2.49. The van der Waals surface area contributed by atoms with Crippen molar-refractivity contribution in [2.24, 2.45) is 0 Å². The highest BCUT2D eigenvalue weighted by atomic mass is 35.5. The number of anilines is 2. The van der Waals surface area contributed by atoms with Gasteiger partial charge < -0.3 is 10.2 Å². The summed E-state index contributed by atoms with van der Waals surface area (Å²) in [6.45, 7) is 6.54. The van der Waals surface area contributed by atoms with Gasteiger partial charge in [0, 0.05) is 44.5 Å². The lowest BCUT2D eigenvalue weighted by Gasteiger charge is -2.35. The van der Waals surface area contributed by atoms with Crippen LogP contribution in [0.1, 0.15) is 12.6 Å². The van der Waals surface area contributed by atoms with Crippen LogP contribution in [0.2, 0.25) is 5.02 Å². The van der Waals surface area contributed by atoms with Crippen LogP contribution in [0.4, 0.5) is 11.8 Å². The summed E-state index contributed by atoms with van der Waals surface area (Å²) in [5.41, 5.74) is 0.872. The van der Waals surface area contributed by atoms with Gasteiger partial charge in [0.25, 0.3) is 0 Å². The smallest absolute Gasteiger partial charge is 0.244 e. The van der Waals surface area contributed by atoms with Crippen molar-refractivity contribution >= 4 is 33.4 Å². The van der Waals surface area contributed by atoms with Crippen LogP contribution < -0.4 is 10.2 Å². The highest BCUT2D eigenvalue weighted by Crippen LogP contribution is 2.26. The molecule has 140 valence electrons. The first-order chi connectivity index (χ1) is 12.4. The zero-order valence-corrected chi connectivity index (χ0v) is 16.4. The molecule has 0 bridgehead atoms. The molecule has 9 heteroatoms. The molecule has 0 radical (unpaired) electrons. The molecule has 1 aliphatic heterocycles. The van der Waals surface area contributed by atoms with Crippen molar-refractivity contribution in [3.05, 3.63) is 41.0 Å². The molecule has 7 nitrogen and oxygen atoms in total. The fourth-order valence-corrected chi connectivity index (χ4v) is 4.82. The Labute approximate surface area is 159 Å². The third kappa shape index (κ3) is 3.92.